The molecule has 2 amide bonds. The molecule has 162 valence electrons. The number of hydrogen-bond donors (Lipinski definition) is 0. The van der Waals surface area contributed by atoms with Crippen molar-refractivity contribution in [3.05, 3.63) is 95.6 Å². The summed E-state index contributed by atoms with van der Waals surface area (Å²) in [6.07, 6.45) is 0. The number of rotatable bonds is 5. The van der Waals surface area contributed by atoms with Crippen LogP contribution >= 0.6 is 0 Å². The second kappa shape index (κ2) is 9.18. The first-order chi connectivity index (χ1) is 15.5. The number of anilines is 2. The Hall–Kier alpha value is -3.73. The second-order valence-electron chi connectivity index (χ2n) is 7.94. The SMILES string of the molecule is CCN(C(=O)CN1C(=O)C(C)N=C(c2ccccc2)c2ccccc21)c1cccc(C)c1. The lowest BCUT2D eigenvalue weighted by atomic mass is 10.0. The van der Waals surface area contributed by atoms with Crippen LogP contribution in [0.15, 0.2) is 83.9 Å². The van der Waals surface area contributed by atoms with E-state index in [4.69, 9.17) is 4.99 Å². The van der Waals surface area contributed by atoms with E-state index in [-0.39, 0.29) is 18.4 Å². The van der Waals surface area contributed by atoms with Gasteiger partial charge in [-0.1, -0.05) is 60.7 Å². The lowest BCUT2D eigenvalue weighted by Gasteiger charge is -2.28. The van der Waals surface area contributed by atoms with Crippen molar-refractivity contribution >= 4 is 28.9 Å². The van der Waals surface area contributed by atoms with Crippen molar-refractivity contribution in [1.29, 1.82) is 0 Å². The van der Waals surface area contributed by atoms with Crippen LogP contribution in [0, 0.1) is 6.92 Å². The normalized spacial score (nSPS) is 15.6. The maximum atomic E-state index is 13.4. The summed E-state index contributed by atoms with van der Waals surface area (Å²) in [5, 5.41) is 0. The van der Waals surface area contributed by atoms with Crippen LogP contribution in [0.4, 0.5) is 11.4 Å². The molecule has 0 aliphatic carbocycles. The van der Waals surface area contributed by atoms with Gasteiger partial charge in [0, 0.05) is 23.4 Å². The molecule has 0 saturated heterocycles. The molecule has 1 aliphatic rings. The van der Waals surface area contributed by atoms with Crippen molar-refractivity contribution in [3.63, 3.8) is 0 Å². The second-order valence-corrected chi connectivity index (χ2v) is 7.94. The molecule has 3 aromatic carbocycles. The molecule has 4 rings (SSSR count). The maximum absolute atomic E-state index is 13.4. The first-order valence-electron chi connectivity index (χ1n) is 10.9. The Kier molecular flexibility index (Phi) is 6.17. The standard InChI is InChI=1S/C27H27N3O2/c1-4-29(22-14-10-11-19(2)17-22)25(31)18-30-24-16-9-8-15-23(24)26(28-20(3)27(30)32)21-12-6-5-7-13-21/h5-17,20H,4,18H2,1-3H3. The van der Waals surface area contributed by atoms with Gasteiger partial charge in [0.25, 0.3) is 5.91 Å². The molecular formula is C27H27N3O2. The number of carbonyl (C=O) groups excluding carboxylic acids is 2. The summed E-state index contributed by atoms with van der Waals surface area (Å²) in [5.41, 5.74) is 5.19. The zero-order valence-electron chi connectivity index (χ0n) is 18.7. The molecule has 0 N–H and O–H groups in total. The molecule has 0 fully saturated rings. The molecule has 0 radical (unpaired) electrons. The van der Waals surface area contributed by atoms with Crippen LogP contribution in [-0.2, 0) is 9.59 Å². The molecular weight excluding hydrogens is 398 g/mol. The molecule has 32 heavy (non-hydrogen) atoms. The lowest BCUT2D eigenvalue weighted by Crippen LogP contribution is -2.45. The molecule has 1 atom stereocenters. The highest BCUT2D eigenvalue weighted by atomic mass is 16.2. The average molecular weight is 426 g/mol. The minimum Gasteiger partial charge on any atom is -0.311 e. The molecule has 3 aromatic rings. The Labute approximate surface area is 189 Å². The smallest absolute Gasteiger partial charge is 0.252 e. The fourth-order valence-corrected chi connectivity index (χ4v) is 4.08. The third-order valence-electron chi connectivity index (χ3n) is 5.67. The van der Waals surface area contributed by atoms with Gasteiger partial charge in [0.15, 0.2) is 0 Å². The van der Waals surface area contributed by atoms with Gasteiger partial charge in [-0.2, -0.15) is 0 Å². The fourth-order valence-electron chi connectivity index (χ4n) is 4.08. The number of fused-ring (bicyclic) bond motifs is 1. The van der Waals surface area contributed by atoms with E-state index >= 15 is 0 Å². The van der Waals surface area contributed by atoms with Crippen LogP contribution in [0.2, 0.25) is 0 Å². The monoisotopic (exact) mass is 425 g/mol. The van der Waals surface area contributed by atoms with Crippen molar-refractivity contribution in [2.24, 2.45) is 4.99 Å². The van der Waals surface area contributed by atoms with E-state index < -0.39 is 6.04 Å². The van der Waals surface area contributed by atoms with Crippen LogP contribution in [0.3, 0.4) is 0 Å². The maximum Gasteiger partial charge on any atom is 0.252 e. The summed E-state index contributed by atoms with van der Waals surface area (Å²) < 4.78 is 0. The average Bonchev–Trinajstić information content (AvgIpc) is 2.91. The fraction of sp³-hybridized carbons (Fsp3) is 0.222. The molecule has 0 saturated carbocycles. The largest absolute Gasteiger partial charge is 0.311 e. The van der Waals surface area contributed by atoms with E-state index in [1.54, 1.807) is 16.7 Å². The minimum absolute atomic E-state index is 0.0421. The summed E-state index contributed by atoms with van der Waals surface area (Å²) in [5.74, 6) is -0.311. The quantitative estimate of drug-likeness (QED) is 0.599. The highest BCUT2D eigenvalue weighted by molar-refractivity contribution is 6.21. The zero-order chi connectivity index (χ0) is 22.7. The van der Waals surface area contributed by atoms with Gasteiger partial charge in [-0.05, 0) is 44.5 Å². The van der Waals surface area contributed by atoms with Crippen LogP contribution in [0.5, 0.6) is 0 Å². The molecule has 1 heterocycles. The van der Waals surface area contributed by atoms with E-state index in [9.17, 15) is 9.59 Å². The van der Waals surface area contributed by atoms with Crippen molar-refractivity contribution in [1.82, 2.24) is 0 Å². The van der Waals surface area contributed by atoms with Gasteiger partial charge in [0.1, 0.15) is 12.6 Å². The summed E-state index contributed by atoms with van der Waals surface area (Å²) in [7, 11) is 0. The zero-order valence-corrected chi connectivity index (χ0v) is 18.7. The Morgan fingerprint density at radius 3 is 2.44 bits per heavy atom. The van der Waals surface area contributed by atoms with E-state index in [0.717, 1.165) is 28.1 Å². The number of carbonyl (C=O) groups is 2. The summed E-state index contributed by atoms with van der Waals surface area (Å²) >= 11 is 0. The van der Waals surface area contributed by atoms with Crippen molar-refractivity contribution in [2.45, 2.75) is 26.8 Å². The molecule has 0 bridgehead atoms. The van der Waals surface area contributed by atoms with Crippen molar-refractivity contribution < 1.29 is 9.59 Å². The summed E-state index contributed by atoms with van der Waals surface area (Å²) in [6, 6.07) is 24.8. The number of benzodiazepines with no additional fused rings is 1. The van der Waals surface area contributed by atoms with Crippen LogP contribution in [-0.4, -0.2) is 36.7 Å². The predicted molar refractivity (Wildman–Crippen MR) is 130 cm³/mol. The number of aliphatic imine (C=N–C) groups is 1. The highest BCUT2D eigenvalue weighted by Crippen LogP contribution is 2.29. The number of para-hydroxylation sites is 1. The van der Waals surface area contributed by atoms with Gasteiger partial charge >= 0.3 is 0 Å². The molecule has 5 nitrogen and oxygen atoms in total. The number of hydrogen-bond acceptors (Lipinski definition) is 3. The minimum atomic E-state index is -0.598. The van der Waals surface area contributed by atoms with E-state index in [1.807, 2.05) is 92.7 Å². The van der Waals surface area contributed by atoms with Gasteiger partial charge in [0.05, 0.1) is 11.4 Å². The van der Waals surface area contributed by atoms with Gasteiger partial charge in [-0.3, -0.25) is 14.6 Å². The number of benzene rings is 3. The van der Waals surface area contributed by atoms with Crippen molar-refractivity contribution in [2.75, 3.05) is 22.9 Å². The summed E-state index contributed by atoms with van der Waals surface area (Å²) in [4.78, 5) is 34.8. The van der Waals surface area contributed by atoms with E-state index in [0.29, 0.717) is 12.2 Å². The van der Waals surface area contributed by atoms with Crippen LogP contribution in [0.1, 0.15) is 30.5 Å². The molecule has 1 aliphatic heterocycles. The number of likely N-dealkylation sites (N-methyl/N-ethyl adjacent to an activating group) is 1. The van der Waals surface area contributed by atoms with Gasteiger partial charge in [-0.15, -0.1) is 0 Å². The molecule has 5 heteroatoms. The van der Waals surface area contributed by atoms with E-state index in [1.165, 1.54) is 0 Å². The Balaban J connectivity index is 1.72. The first-order valence-corrected chi connectivity index (χ1v) is 10.9. The number of nitrogens with zero attached hydrogens (tertiary/aromatic N) is 3. The van der Waals surface area contributed by atoms with Gasteiger partial charge in [0.2, 0.25) is 5.91 Å². The third-order valence-corrected chi connectivity index (χ3v) is 5.67. The predicted octanol–water partition coefficient (Wildman–Crippen LogP) is 4.62. The van der Waals surface area contributed by atoms with Gasteiger partial charge < -0.3 is 9.80 Å². The first kappa shape index (κ1) is 21.5. The Bertz CT molecular complexity index is 1170. The van der Waals surface area contributed by atoms with Crippen molar-refractivity contribution in [3.8, 4) is 0 Å². The molecule has 0 spiro atoms. The Morgan fingerprint density at radius 1 is 1.00 bits per heavy atom. The number of aryl methyl sites for hydroxylation is 1. The van der Waals surface area contributed by atoms with E-state index in [2.05, 4.69) is 0 Å². The molecule has 0 aromatic heterocycles. The number of amides is 2. The van der Waals surface area contributed by atoms with Crippen LogP contribution < -0.4 is 9.80 Å². The lowest BCUT2D eigenvalue weighted by molar-refractivity contribution is -0.123. The van der Waals surface area contributed by atoms with Gasteiger partial charge in [-0.25, -0.2) is 0 Å². The third kappa shape index (κ3) is 4.19. The topological polar surface area (TPSA) is 53.0 Å². The molecule has 1 unspecified atom stereocenters. The highest BCUT2D eigenvalue weighted by Gasteiger charge is 2.31. The Morgan fingerprint density at radius 2 is 1.72 bits per heavy atom. The van der Waals surface area contributed by atoms with Crippen LogP contribution in [0.25, 0.3) is 0 Å². The summed E-state index contributed by atoms with van der Waals surface area (Å²) in [6.45, 7) is 6.21.